The normalized spacial score (nSPS) is 17.2. The first-order valence-corrected chi connectivity index (χ1v) is 8.29. The number of nitrogens with one attached hydrogen (secondary N) is 1. The fourth-order valence-corrected chi connectivity index (χ4v) is 3.01. The lowest BCUT2D eigenvalue weighted by Crippen LogP contribution is -2.39. The summed E-state index contributed by atoms with van der Waals surface area (Å²) >= 11 is 0. The summed E-state index contributed by atoms with van der Waals surface area (Å²) < 4.78 is 5.23. The van der Waals surface area contributed by atoms with Crippen molar-refractivity contribution in [2.24, 2.45) is 5.92 Å². The summed E-state index contributed by atoms with van der Waals surface area (Å²) in [5, 5.41) is 12.5. The molecule has 25 heavy (non-hydrogen) atoms. The van der Waals surface area contributed by atoms with E-state index < -0.39 is 5.97 Å². The number of benzene rings is 1. The molecule has 1 aliphatic heterocycles. The van der Waals surface area contributed by atoms with Crippen molar-refractivity contribution in [3.8, 4) is 5.75 Å². The molecule has 0 aliphatic carbocycles. The molecule has 0 spiro atoms. The van der Waals surface area contributed by atoms with Crippen LogP contribution in [0.4, 0.5) is 17.3 Å². The van der Waals surface area contributed by atoms with Crippen molar-refractivity contribution in [3.63, 3.8) is 0 Å². The van der Waals surface area contributed by atoms with Crippen molar-refractivity contribution in [2.75, 3.05) is 30.4 Å². The standard InChI is InChI=1S/C18H22N4O3/c1-12-19-16(21-14-6-3-7-15(9-14)25-2)10-17(20-12)22-8-4-5-13(11-22)18(23)24/h3,6-7,9-10,13H,4-5,8,11H2,1-2H3,(H,23,24)(H,19,20,21). The van der Waals surface area contributed by atoms with Gasteiger partial charge < -0.3 is 20.1 Å². The van der Waals surface area contributed by atoms with Crippen molar-refractivity contribution in [1.29, 1.82) is 0 Å². The predicted molar refractivity (Wildman–Crippen MR) is 95.6 cm³/mol. The highest BCUT2D eigenvalue weighted by atomic mass is 16.5. The Labute approximate surface area is 146 Å². The topological polar surface area (TPSA) is 87.6 Å². The number of hydrogen-bond donors (Lipinski definition) is 2. The smallest absolute Gasteiger partial charge is 0.308 e. The largest absolute Gasteiger partial charge is 0.497 e. The van der Waals surface area contributed by atoms with Crippen LogP contribution in [0.2, 0.25) is 0 Å². The molecular weight excluding hydrogens is 320 g/mol. The SMILES string of the molecule is COc1cccc(Nc2cc(N3CCCC(C(=O)O)C3)nc(C)n2)c1. The van der Waals surface area contributed by atoms with Gasteiger partial charge in [-0.1, -0.05) is 6.07 Å². The van der Waals surface area contributed by atoms with Crippen LogP contribution in [0.5, 0.6) is 5.75 Å². The van der Waals surface area contributed by atoms with Gasteiger partial charge >= 0.3 is 5.97 Å². The molecule has 1 aromatic carbocycles. The number of aliphatic carboxylic acids is 1. The minimum atomic E-state index is -0.745. The maximum absolute atomic E-state index is 11.3. The Morgan fingerprint density at radius 3 is 2.96 bits per heavy atom. The van der Waals surface area contributed by atoms with Crippen LogP contribution in [-0.4, -0.2) is 41.2 Å². The molecule has 7 nitrogen and oxygen atoms in total. The summed E-state index contributed by atoms with van der Waals surface area (Å²) in [5.74, 6) is 1.73. The van der Waals surface area contributed by atoms with E-state index in [4.69, 9.17) is 4.74 Å². The summed E-state index contributed by atoms with van der Waals surface area (Å²) in [6.45, 7) is 3.11. The van der Waals surface area contributed by atoms with Crippen LogP contribution >= 0.6 is 0 Å². The molecule has 0 saturated carbocycles. The first-order chi connectivity index (χ1) is 12.0. The number of hydrogen-bond acceptors (Lipinski definition) is 6. The summed E-state index contributed by atoms with van der Waals surface area (Å²) in [4.78, 5) is 22.2. The number of carboxylic acid groups (broad SMARTS) is 1. The third-order valence-electron chi connectivity index (χ3n) is 4.26. The molecule has 2 aromatic rings. The van der Waals surface area contributed by atoms with E-state index in [1.165, 1.54) is 0 Å². The maximum atomic E-state index is 11.3. The number of anilines is 3. The molecule has 0 amide bonds. The van der Waals surface area contributed by atoms with E-state index >= 15 is 0 Å². The minimum Gasteiger partial charge on any atom is -0.497 e. The summed E-state index contributed by atoms with van der Waals surface area (Å²) in [7, 11) is 1.63. The van der Waals surface area contributed by atoms with Crippen LogP contribution in [0.1, 0.15) is 18.7 Å². The van der Waals surface area contributed by atoms with E-state index in [0.29, 0.717) is 24.6 Å². The van der Waals surface area contributed by atoms with Gasteiger partial charge in [-0.25, -0.2) is 9.97 Å². The molecule has 0 radical (unpaired) electrons. The Bertz CT molecular complexity index is 766. The zero-order valence-corrected chi connectivity index (χ0v) is 14.4. The fraction of sp³-hybridized carbons (Fsp3) is 0.389. The Kier molecular flexibility index (Phi) is 5.02. The lowest BCUT2D eigenvalue weighted by molar-refractivity contribution is -0.141. The first kappa shape index (κ1) is 17.0. The van der Waals surface area contributed by atoms with Gasteiger partial charge in [-0.15, -0.1) is 0 Å². The maximum Gasteiger partial charge on any atom is 0.308 e. The van der Waals surface area contributed by atoms with Gasteiger partial charge in [-0.3, -0.25) is 4.79 Å². The van der Waals surface area contributed by atoms with Crippen LogP contribution in [0.3, 0.4) is 0 Å². The number of methoxy groups -OCH3 is 1. The molecule has 1 aromatic heterocycles. The van der Waals surface area contributed by atoms with E-state index in [9.17, 15) is 9.90 Å². The van der Waals surface area contributed by atoms with Crippen LogP contribution in [-0.2, 0) is 4.79 Å². The van der Waals surface area contributed by atoms with E-state index in [1.807, 2.05) is 42.2 Å². The van der Waals surface area contributed by atoms with E-state index in [0.717, 1.165) is 30.2 Å². The van der Waals surface area contributed by atoms with Crippen molar-refractivity contribution >= 4 is 23.3 Å². The van der Waals surface area contributed by atoms with Gasteiger partial charge in [0.1, 0.15) is 23.2 Å². The fourth-order valence-electron chi connectivity index (χ4n) is 3.01. The number of ether oxygens (including phenoxy) is 1. The van der Waals surface area contributed by atoms with Gasteiger partial charge in [0.2, 0.25) is 0 Å². The summed E-state index contributed by atoms with van der Waals surface area (Å²) in [5.41, 5.74) is 0.866. The second kappa shape index (κ2) is 7.38. The summed E-state index contributed by atoms with van der Waals surface area (Å²) in [6.07, 6.45) is 1.56. The quantitative estimate of drug-likeness (QED) is 0.864. The number of carbonyl (C=O) groups is 1. The predicted octanol–water partition coefficient (Wildman–Crippen LogP) is 2.84. The third-order valence-corrected chi connectivity index (χ3v) is 4.26. The number of rotatable bonds is 5. The van der Waals surface area contributed by atoms with Crippen molar-refractivity contribution in [1.82, 2.24) is 9.97 Å². The molecule has 132 valence electrons. The summed E-state index contributed by atoms with van der Waals surface area (Å²) in [6, 6.07) is 9.45. The monoisotopic (exact) mass is 342 g/mol. The average Bonchev–Trinajstić information content (AvgIpc) is 2.61. The van der Waals surface area contributed by atoms with Gasteiger partial charge in [-0.2, -0.15) is 0 Å². The Hall–Kier alpha value is -2.83. The number of aromatic nitrogens is 2. The van der Waals surface area contributed by atoms with E-state index in [1.54, 1.807) is 7.11 Å². The zero-order valence-electron chi connectivity index (χ0n) is 14.4. The molecule has 2 heterocycles. The van der Waals surface area contributed by atoms with Crippen LogP contribution in [0.15, 0.2) is 30.3 Å². The van der Waals surface area contributed by atoms with Gasteiger partial charge in [0, 0.05) is 30.9 Å². The molecule has 1 aliphatic rings. The number of carboxylic acids is 1. The highest BCUT2D eigenvalue weighted by molar-refractivity contribution is 5.71. The molecule has 3 rings (SSSR count). The Morgan fingerprint density at radius 2 is 2.20 bits per heavy atom. The second-order valence-corrected chi connectivity index (χ2v) is 6.14. The van der Waals surface area contributed by atoms with Crippen LogP contribution in [0, 0.1) is 12.8 Å². The first-order valence-electron chi connectivity index (χ1n) is 8.29. The second-order valence-electron chi connectivity index (χ2n) is 6.14. The molecule has 1 atom stereocenters. The van der Waals surface area contributed by atoms with Crippen LogP contribution < -0.4 is 15.0 Å². The molecule has 1 unspecified atom stereocenters. The highest BCUT2D eigenvalue weighted by Crippen LogP contribution is 2.26. The van der Waals surface area contributed by atoms with E-state index in [2.05, 4.69) is 15.3 Å². The Morgan fingerprint density at radius 1 is 1.36 bits per heavy atom. The lowest BCUT2D eigenvalue weighted by Gasteiger charge is -2.31. The molecule has 2 N–H and O–H groups in total. The van der Waals surface area contributed by atoms with Gasteiger partial charge in [0.25, 0.3) is 0 Å². The lowest BCUT2D eigenvalue weighted by atomic mass is 9.98. The van der Waals surface area contributed by atoms with Crippen LogP contribution in [0.25, 0.3) is 0 Å². The third kappa shape index (κ3) is 4.17. The van der Waals surface area contributed by atoms with Crippen molar-refractivity contribution < 1.29 is 14.6 Å². The zero-order chi connectivity index (χ0) is 17.8. The molecule has 0 bridgehead atoms. The number of piperidine rings is 1. The molecule has 1 fully saturated rings. The van der Waals surface area contributed by atoms with Gasteiger partial charge in [0.05, 0.1) is 13.0 Å². The number of aryl methyl sites for hydroxylation is 1. The number of nitrogens with zero attached hydrogens (tertiary/aromatic N) is 3. The molecular formula is C18H22N4O3. The Balaban J connectivity index is 1.81. The van der Waals surface area contributed by atoms with E-state index in [-0.39, 0.29) is 5.92 Å². The van der Waals surface area contributed by atoms with Crippen molar-refractivity contribution in [2.45, 2.75) is 19.8 Å². The van der Waals surface area contributed by atoms with Gasteiger partial charge in [-0.05, 0) is 31.9 Å². The average molecular weight is 342 g/mol. The molecule has 1 saturated heterocycles. The minimum absolute atomic E-state index is 0.348. The highest BCUT2D eigenvalue weighted by Gasteiger charge is 2.26. The van der Waals surface area contributed by atoms with Crippen molar-refractivity contribution in [3.05, 3.63) is 36.2 Å². The molecule has 7 heteroatoms. The van der Waals surface area contributed by atoms with Gasteiger partial charge in [0.15, 0.2) is 0 Å².